The van der Waals surface area contributed by atoms with Crippen molar-refractivity contribution in [2.75, 3.05) is 0 Å². The standard InChI is InChI=1S/C21H13N3O2S/c25-19-18(24-12-22-20-15(21(24)26)10-11-27-20)17(13-6-2-1-3-7-13)14-8-4-5-9-16(14)23-19/h1-12H,(H,23,25). The Kier molecular flexibility index (Phi) is 3.51. The minimum atomic E-state index is -0.328. The molecular formula is C21H13N3O2S. The van der Waals surface area contributed by atoms with E-state index in [1.54, 1.807) is 6.07 Å². The second-order valence-corrected chi connectivity index (χ2v) is 7.04. The maximum atomic E-state index is 13.0. The number of aromatic nitrogens is 3. The monoisotopic (exact) mass is 371 g/mol. The Balaban J connectivity index is 1.97. The number of benzene rings is 2. The van der Waals surface area contributed by atoms with Crippen LogP contribution in [0.1, 0.15) is 0 Å². The summed E-state index contributed by atoms with van der Waals surface area (Å²) in [5.41, 5.74) is 2.01. The lowest BCUT2D eigenvalue weighted by atomic mass is 9.99. The van der Waals surface area contributed by atoms with Gasteiger partial charge in [0, 0.05) is 16.5 Å². The van der Waals surface area contributed by atoms with Crippen LogP contribution in [0.4, 0.5) is 0 Å². The van der Waals surface area contributed by atoms with Crippen LogP contribution < -0.4 is 11.1 Å². The Bertz CT molecular complexity index is 1410. The van der Waals surface area contributed by atoms with Gasteiger partial charge in [-0.15, -0.1) is 11.3 Å². The molecule has 0 fully saturated rings. The normalized spacial score (nSPS) is 11.3. The van der Waals surface area contributed by atoms with E-state index in [1.165, 1.54) is 22.2 Å². The van der Waals surface area contributed by atoms with Gasteiger partial charge in [0.05, 0.1) is 5.39 Å². The van der Waals surface area contributed by atoms with Gasteiger partial charge in [-0.1, -0.05) is 48.5 Å². The summed E-state index contributed by atoms with van der Waals surface area (Å²) in [7, 11) is 0. The minimum absolute atomic E-state index is 0.251. The van der Waals surface area contributed by atoms with Crippen LogP contribution in [-0.4, -0.2) is 14.5 Å². The van der Waals surface area contributed by atoms with Crippen molar-refractivity contribution in [1.29, 1.82) is 0 Å². The second kappa shape index (κ2) is 6.03. The molecule has 0 aliphatic carbocycles. The van der Waals surface area contributed by atoms with Gasteiger partial charge in [0.25, 0.3) is 11.1 Å². The number of pyridine rings is 1. The van der Waals surface area contributed by atoms with Gasteiger partial charge < -0.3 is 4.98 Å². The lowest BCUT2D eigenvalue weighted by Gasteiger charge is -2.14. The Labute approximate surface area is 157 Å². The number of H-pyrrole nitrogens is 1. The van der Waals surface area contributed by atoms with Gasteiger partial charge in [-0.3, -0.25) is 14.2 Å². The molecule has 5 rings (SSSR count). The Morgan fingerprint density at radius 2 is 1.67 bits per heavy atom. The number of thiophene rings is 1. The van der Waals surface area contributed by atoms with E-state index >= 15 is 0 Å². The first-order valence-electron chi connectivity index (χ1n) is 8.40. The van der Waals surface area contributed by atoms with Crippen molar-refractivity contribution in [2.24, 2.45) is 0 Å². The molecule has 0 radical (unpaired) electrons. The molecule has 130 valence electrons. The molecule has 1 N–H and O–H groups in total. The minimum Gasteiger partial charge on any atom is -0.320 e. The van der Waals surface area contributed by atoms with E-state index in [4.69, 9.17) is 0 Å². The molecule has 0 atom stereocenters. The number of rotatable bonds is 2. The van der Waals surface area contributed by atoms with Crippen molar-refractivity contribution in [2.45, 2.75) is 0 Å². The predicted octanol–water partition coefficient (Wildman–Crippen LogP) is 3.96. The van der Waals surface area contributed by atoms with Crippen molar-refractivity contribution >= 4 is 32.5 Å². The Hall–Kier alpha value is -3.51. The van der Waals surface area contributed by atoms with Crippen LogP contribution in [0.2, 0.25) is 0 Å². The van der Waals surface area contributed by atoms with Crippen LogP contribution in [0, 0.1) is 0 Å². The molecule has 0 spiro atoms. The largest absolute Gasteiger partial charge is 0.320 e. The summed E-state index contributed by atoms with van der Waals surface area (Å²) < 4.78 is 1.35. The van der Waals surface area contributed by atoms with Crippen molar-refractivity contribution in [1.82, 2.24) is 14.5 Å². The molecule has 3 heterocycles. The molecule has 5 aromatic rings. The van der Waals surface area contributed by atoms with E-state index in [2.05, 4.69) is 9.97 Å². The zero-order valence-corrected chi connectivity index (χ0v) is 14.9. The average molecular weight is 371 g/mol. The zero-order valence-electron chi connectivity index (χ0n) is 14.0. The molecule has 0 bridgehead atoms. The quantitative estimate of drug-likeness (QED) is 0.511. The molecule has 2 aromatic carbocycles. The van der Waals surface area contributed by atoms with Crippen LogP contribution in [0.5, 0.6) is 0 Å². The van der Waals surface area contributed by atoms with Gasteiger partial charge in [-0.05, 0) is 23.1 Å². The molecule has 0 aliphatic rings. The molecule has 5 nitrogen and oxygen atoms in total. The topological polar surface area (TPSA) is 67.8 Å². The first-order valence-corrected chi connectivity index (χ1v) is 9.27. The fourth-order valence-electron chi connectivity index (χ4n) is 3.38. The summed E-state index contributed by atoms with van der Waals surface area (Å²) in [4.78, 5) is 34.0. The Morgan fingerprint density at radius 3 is 2.52 bits per heavy atom. The van der Waals surface area contributed by atoms with Gasteiger partial charge in [0.2, 0.25) is 0 Å². The molecule has 0 aliphatic heterocycles. The number of nitrogens with one attached hydrogen (secondary N) is 1. The van der Waals surface area contributed by atoms with Crippen molar-refractivity contribution in [3.63, 3.8) is 0 Å². The van der Waals surface area contributed by atoms with Crippen molar-refractivity contribution in [3.05, 3.63) is 93.1 Å². The van der Waals surface area contributed by atoms with Gasteiger partial charge >= 0.3 is 0 Å². The first-order chi connectivity index (χ1) is 13.2. The molecule has 6 heteroatoms. The second-order valence-electron chi connectivity index (χ2n) is 6.15. The summed E-state index contributed by atoms with van der Waals surface area (Å²) in [6.07, 6.45) is 1.44. The van der Waals surface area contributed by atoms with Gasteiger partial charge in [-0.2, -0.15) is 0 Å². The molecule has 0 amide bonds. The summed E-state index contributed by atoms with van der Waals surface area (Å²) in [6.45, 7) is 0. The van der Waals surface area contributed by atoms with Crippen LogP contribution in [0.3, 0.4) is 0 Å². The van der Waals surface area contributed by atoms with Crippen molar-refractivity contribution < 1.29 is 0 Å². The van der Waals surface area contributed by atoms with E-state index in [9.17, 15) is 9.59 Å². The summed E-state index contributed by atoms with van der Waals surface area (Å²) >= 11 is 1.40. The maximum Gasteiger partial charge on any atom is 0.273 e. The first kappa shape index (κ1) is 15.7. The fourth-order valence-corrected chi connectivity index (χ4v) is 4.10. The van der Waals surface area contributed by atoms with E-state index < -0.39 is 0 Å². The smallest absolute Gasteiger partial charge is 0.273 e. The van der Waals surface area contributed by atoms with Crippen LogP contribution in [0.15, 0.2) is 82.0 Å². The van der Waals surface area contributed by atoms with Crippen LogP contribution >= 0.6 is 11.3 Å². The van der Waals surface area contributed by atoms with Gasteiger partial charge in [-0.25, -0.2) is 4.98 Å². The van der Waals surface area contributed by atoms with E-state index in [-0.39, 0.29) is 16.8 Å². The average Bonchev–Trinajstić information content (AvgIpc) is 3.18. The number of para-hydroxylation sites is 1. The highest BCUT2D eigenvalue weighted by atomic mass is 32.1. The zero-order chi connectivity index (χ0) is 18.4. The summed E-state index contributed by atoms with van der Waals surface area (Å²) in [5, 5.41) is 3.20. The lowest BCUT2D eigenvalue weighted by molar-refractivity contribution is 0.949. The molecule has 0 saturated carbocycles. The van der Waals surface area contributed by atoms with Crippen molar-refractivity contribution in [3.8, 4) is 16.8 Å². The van der Waals surface area contributed by atoms with Crippen LogP contribution in [0.25, 0.3) is 37.9 Å². The third-order valence-electron chi connectivity index (χ3n) is 4.58. The molecular weight excluding hydrogens is 358 g/mol. The number of hydrogen-bond acceptors (Lipinski definition) is 4. The van der Waals surface area contributed by atoms with E-state index in [1.807, 2.05) is 60.0 Å². The predicted molar refractivity (Wildman–Crippen MR) is 109 cm³/mol. The van der Waals surface area contributed by atoms with E-state index in [0.717, 1.165) is 16.5 Å². The van der Waals surface area contributed by atoms with E-state index in [0.29, 0.717) is 15.8 Å². The molecule has 27 heavy (non-hydrogen) atoms. The maximum absolute atomic E-state index is 13.0. The highest BCUT2D eigenvalue weighted by molar-refractivity contribution is 7.16. The number of fused-ring (bicyclic) bond motifs is 2. The SMILES string of the molecule is O=c1[nH]c2ccccc2c(-c2ccccc2)c1-n1cnc2sccc2c1=O. The summed E-state index contributed by atoms with van der Waals surface area (Å²) in [5.74, 6) is 0. The molecule has 3 aromatic heterocycles. The molecule has 0 saturated heterocycles. The summed E-state index contributed by atoms with van der Waals surface area (Å²) in [6, 6.07) is 19.0. The third-order valence-corrected chi connectivity index (χ3v) is 5.41. The highest BCUT2D eigenvalue weighted by Crippen LogP contribution is 2.31. The fraction of sp³-hybridized carbons (Fsp3) is 0. The Morgan fingerprint density at radius 1 is 0.889 bits per heavy atom. The van der Waals surface area contributed by atoms with Crippen LogP contribution in [-0.2, 0) is 0 Å². The number of nitrogens with zero attached hydrogens (tertiary/aromatic N) is 2. The third kappa shape index (κ3) is 2.42. The highest BCUT2D eigenvalue weighted by Gasteiger charge is 2.18. The van der Waals surface area contributed by atoms with Gasteiger partial charge in [0.15, 0.2) is 0 Å². The van der Waals surface area contributed by atoms with Gasteiger partial charge in [0.1, 0.15) is 16.8 Å². The lowest BCUT2D eigenvalue weighted by Crippen LogP contribution is -2.26. The number of aromatic amines is 1. The number of hydrogen-bond donors (Lipinski definition) is 1. The molecule has 0 unspecified atom stereocenters.